The maximum absolute atomic E-state index is 11.0. The van der Waals surface area contributed by atoms with Crippen LogP contribution in [-0.4, -0.2) is 29.4 Å². The van der Waals surface area contributed by atoms with Crippen LogP contribution in [0.5, 0.6) is 5.75 Å². The summed E-state index contributed by atoms with van der Waals surface area (Å²) < 4.78 is 5.81. The average Bonchev–Trinajstić information content (AvgIpc) is 2.62. The zero-order chi connectivity index (χ0) is 17.9. The number of aromatic carboxylic acids is 1. The van der Waals surface area contributed by atoms with E-state index in [1.807, 2.05) is 24.3 Å². The van der Waals surface area contributed by atoms with E-state index in [2.05, 4.69) is 0 Å². The van der Waals surface area contributed by atoms with Gasteiger partial charge in [-0.25, -0.2) is 4.79 Å². The molecule has 0 fully saturated rings. The summed E-state index contributed by atoms with van der Waals surface area (Å²) in [5.41, 5.74) is 0.303. The molecular weight excluding hydrogens is 316 g/mol. The third-order valence-electron chi connectivity index (χ3n) is 4.38. The van der Waals surface area contributed by atoms with E-state index in [0.717, 1.165) is 35.8 Å². The topological polar surface area (TPSA) is 66.8 Å². The second-order valence-corrected chi connectivity index (χ2v) is 6.43. The number of benzene rings is 2. The number of hydrogen-bond donors (Lipinski definition) is 2. The van der Waals surface area contributed by atoms with E-state index < -0.39 is 5.97 Å². The van der Waals surface area contributed by atoms with Crippen LogP contribution in [0.4, 0.5) is 0 Å². The maximum Gasteiger partial charge on any atom is 0.335 e. The molecule has 0 saturated carbocycles. The van der Waals surface area contributed by atoms with Crippen LogP contribution in [0, 0.1) is 0 Å². The molecule has 0 aliphatic carbocycles. The second-order valence-electron chi connectivity index (χ2n) is 6.43. The smallest absolute Gasteiger partial charge is 0.335 e. The molecule has 0 aliphatic rings. The lowest BCUT2D eigenvalue weighted by Crippen LogP contribution is -1.98. The number of unbranched alkanes of at least 4 members (excludes halogenated alkanes) is 7. The van der Waals surface area contributed by atoms with Crippen molar-refractivity contribution in [3.05, 3.63) is 42.0 Å². The standard InChI is InChI=1S/C21H28O4/c22-13-7-5-3-1-2-4-6-8-14-25-20-12-11-17-15-19(21(23)24)10-9-18(17)16-20/h9-12,15-16,22H,1-8,13-14H2,(H,23,24). The Morgan fingerprint density at radius 2 is 1.40 bits per heavy atom. The molecule has 0 atom stereocenters. The van der Waals surface area contributed by atoms with Gasteiger partial charge in [0.05, 0.1) is 12.2 Å². The fourth-order valence-electron chi connectivity index (χ4n) is 2.91. The Morgan fingerprint density at radius 1 is 0.800 bits per heavy atom. The van der Waals surface area contributed by atoms with Crippen LogP contribution in [0.1, 0.15) is 61.7 Å². The van der Waals surface area contributed by atoms with Gasteiger partial charge in [-0.2, -0.15) is 0 Å². The van der Waals surface area contributed by atoms with E-state index in [1.165, 1.54) is 32.1 Å². The zero-order valence-corrected chi connectivity index (χ0v) is 14.7. The minimum atomic E-state index is -0.907. The Hall–Kier alpha value is -2.07. The third-order valence-corrected chi connectivity index (χ3v) is 4.38. The molecule has 2 N–H and O–H groups in total. The number of hydrogen-bond acceptors (Lipinski definition) is 3. The summed E-state index contributed by atoms with van der Waals surface area (Å²) in [6, 6.07) is 10.9. The molecular formula is C21H28O4. The Balaban J connectivity index is 1.66. The summed E-state index contributed by atoms with van der Waals surface area (Å²) in [4.78, 5) is 11.0. The maximum atomic E-state index is 11.0. The van der Waals surface area contributed by atoms with Gasteiger partial charge in [-0.15, -0.1) is 0 Å². The van der Waals surface area contributed by atoms with Crippen LogP contribution in [0.2, 0.25) is 0 Å². The Morgan fingerprint density at radius 3 is 2.08 bits per heavy atom. The van der Waals surface area contributed by atoms with Crippen molar-refractivity contribution in [1.82, 2.24) is 0 Å². The van der Waals surface area contributed by atoms with E-state index in [4.69, 9.17) is 14.9 Å². The Labute approximate surface area is 149 Å². The van der Waals surface area contributed by atoms with Gasteiger partial charge >= 0.3 is 5.97 Å². The summed E-state index contributed by atoms with van der Waals surface area (Å²) in [6.07, 6.45) is 9.25. The molecule has 25 heavy (non-hydrogen) atoms. The molecule has 0 aromatic heterocycles. The molecule has 136 valence electrons. The highest BCUT2D eigenvalue weighted by atomic mass is 16.5. The predicted molar refractivity (Wildman–Crippen MR) is 100 cm³/mol. The summed E-state index contributed by atoms with van der Waals surface area (Å²) in [6.45, 7) is 1.02. The molecule has 0 heterocycles. The van der Waals surface area contributed by atoms with Crippen molar-refractivity contribution < 1.29 is 19.7 Å². The monoisotopic (exact) mass is 344 g/mol. The van der Waals surface area contributed by atoms with Crippen LogP contribution >= 0.6 is 0 Å². The molecule has 0 unspecified atom stereocenters. The van der Waals surface area contributed by atoms with Gasteiger partial charge in [0, 0.05) is 6.61 Å². The van der Waals surface area contributed by atoms with Crippen LogP contribution in [0.25, 0.3) is 10.8 Å². The van der Waals surface area contributed by atoms with Gasteiger partial charge in [0.1, 0.15) is 5.75 Å². The molecule has 0 spiro atoms. The van der Waals surface area contributed by atoms with E-state index in [-0.39, 0.29) is 0 Å². The normalized spacial score (nSPS) is 10.9. The molecule has 2 aromatic rings. The highest BCUT2D eigenvalue weighted by molar-refractivity contribution is 5.94. The van der Waals surface area contributed by atoms with Crippen molar-refractivity contribution in [3.63, 3.8) is 0 Å². The lowest BCUT2D eigenvalue weighted by Gasteiger charge is -2.08. The van der Waals surface area contributed by atoms with Crippen molar-refractivity contribution in [3.8, 4) is 5.75 Å². The lowest BCUT2D eigenvalue weighted by molar-refractivity contribution is 0.0697. The van der Waals surface area contributed by atoms with Crippen LogP contribution in [0.3, 0.4) is 0 Å². The van der Waals surface area contributed by atoms with Crippen molar-refractivity contribution in [1.29, 1.82) is 0 Å². The zero-order valence-electron chi connectivity index (χ0n) is 14.7. The third kappa shape index (κ3) is 6.75. The number of fused-ring (bicyclic) bond motifs is 1. The number of rotatable bonds is 12. The van der Waals surface area contributed by atoms with Gasteiger partial charge in [-0.1, -0.05) is 50.7 Å². The van der Waals surface area contributed by atoms with Crippen LogP contribution in [-0.2, 0) is 0 Å². The first-order chi connectivity index (χ1) is 12.2. The fraction of sp³-hybridized carbons (Fsp3) is 0.476. The average molecular weight is 344 g/mol. The van der Waals surface area contributed by atoms with E-state index in [0.29, 0.717) is 18.8 Å². The first-order valence-corrected chi connectivity index (χ1v) is 9.21. The molecule has 0 saturated heterocycles. The van der Waals surface area contributed by atoms with Gasteiger partial charge in [-0.3, -0.25) is 0 Å². The van der Waals surface area contributed by atoms with Gasteiger partial charge in [0.15, 0.2) is 0 Å². The molecule has 2 aromatic carbocycles. The summed E-state index contributed by atoms with van der Waals surface area (Å²) in [5.74, 6) is -0.0739. The fourth-order valence-corrected chi connectivity index (χ4v) is 2.91. The highest BCUT2D eigenvalue weighted by Gasteiger charge is 2.04. The largest absolute Gasteiger partial charge is 0.494 e. The van der Waals surface area contributed by atoms with Crippen molar-refractivity contribution >= 4 is 16.7 Å². The van der Waals surface area contributed by atoms with Gasteiger partial charge in [0.25, 0.3) is 0 Å². The number of aliphatic hydroxyl groups excluding tert-OH is 1. The minimum Gasteiger partial charge on any atom is -0.494 e. The highest BCUT2D eigenvalue weighted by Crippen LogP contribution is 2.22. The molecule has 0 amide bonds. The molecule has 2 rings (SSSR count). The van der Waals surface area contributed by atoms with Gasteiger partial charge < -0.3 is 14.9 Å². The number of aliphatic hydroxyl groups is 1. The van der Waals surface area contributed by atoms with E-state index >= 15 is 0 Å². The summed E-state index contributed by atoms with van der Waals surface area (Å²) >= 11 is 0. The molecule has 0 bridgehead atoms. The Kier molecular flexibility index (Phi) is 8.26. The van der Waals surface area contributed by atoms with Gasteiger partial charge in [0.2, 0.25) is 0 Å². The predicted octanol–water partition coefficient (Wildman–Crippen LogP) is 5.03. The second kappa shape index (κ2) is 10.7. The summed E-state index contributed by atoms with van der Waals surface area (Å²) in [7, 11) is 0. The van der Waals surface area contributed by atoms with Gasteiger partial charge in [-0.05, 0) is 47.9 Å². The minimum absolute atomic E-state index is 0.303. The van der Waals surface area contributed by atoms with Crippen molar-refractivity contribution in [2.24, 2.45) is 0 Å². The molecule has 0 aliphatic heterocycles. The van der Waals surface area contributed by atoms with Crippen molar-refractivity contribution in [2.75, 3.05) is 13.2 Å². The number of carboxylic acid groups (broad SMARTS) is 1. The first-order valence-electron chi connectivity index (χ1n) is 9.21. The molecule has 4 nitrogen and oxygen atoms in total. The van der Waals surface area contributed by atoms with Crippen LogP contribution < -0.4 is 4.74 Å². The first kappa shape index (κ1) is 19.3. The lowest BCUT2D eigenvalue weighted by atomic mass is 10.1. The Bertz CT molecular complexity index is 666. The molecule has 0 radical (unpaired) electrons. The molecule has 4 heteroatoms. The number of carbonyl (C=O) groups is 1. The number of ether oxygens (including phenoxy) is 1. The van der Waals surface area contributed by atoms with Crippen molar-refractivity contribution in [2.45, 2.75) is 51.4 Å². The van der Waals surface area contributed by atoms with Crippen LogP contribution in [0.15, 0.2) is 36.4 Å². The summed E-state index contributed by atoms with van der Waals surface area (Å²) in [5, 5.41) is 19.6. The quantitative estimate of drug-likeness (QED) is 0.530. The SMILES string of the molecule is O=C(O)c1ccc2cc(OCCCCCCCCCCO)ccc2c1. The van der Waals surface area contributed by atoms with E-state index in [9.17, 15) is 4.79 Å². The van der Waals surface area contributed by atoms with E-state index in [1.54, 1.807) is 12.1 Å². The number of carboxylic acids is 1.